The largest absolute Gasteiger partial charge is 0.383 e. The first kappa shape index (κ1) is 11.1. The molecule has 0 amide bonds. The molecule has 2 N–H and O–H groups in total. The van der Waals surface area contributed by atoms with Gasteiger partial charge in [0.1, 0.15) is 11.2 Å². The molecule has 3 rings (SSSR count). The number of H-pyrrole nitrogens is 1. The molecule has 1 aliphatic heterocycles. The highest BCUT2D eigenvalue weighted by Crippen LogP contribution is 2.27. The van der Waals surface area contributed by atoms with Crippen molar-refractivity contribution in [3.05, 3.63) is 24.0 Å². The van der Waals surface area contributed by atoms with Crippen molar-refractivity contribution >= 4 is 16.7 Å². The fourth-order valence-electron chi connectivity index (χ4n) is 2.07. The quantitative estimate of drug-likeness (QED) is 0.861. The summed E-state index contributed by atoms with van der Waals surface area (Å²) in [4.78, 5) is 7.55. The van der Waals surface area contributed by atoms with Crippen molar-refractivity contribution in [3.63, 3.8) is 0 Å². The predicted octanol–water partition coefficient (Wildman–Crippen LogP) is 1.82. The van der Waals surface area contributed by atoms with Gasteiger partial charge in [0, 0.05) is 12.2 Å². The smallest absolute Gasteiger partial charge is 0.121 e. The molecule has 1 aromatic carbocycles. The Bertz CT molecular complexity index is 621. The van der Waals surface area contributed by atoms with E-state index >= 15 is 0 Å². The molecule has 0 unspecified atom stereocenters. The van der Waals surface area contributed by atoms with E-state index in [4.69, 9.17) is 10.00 Å². The normalized spacial score (nSPS) is 17.1. The van der Waals surface area contributed by atoms with Crippen LogP contribution >= 0.6 is 0 Å². The van der Waals surface area contributed by atoms with Crippen LogP contribution in [0.2, 0.25) is 0 Å². The summed E-state index contributed by atoms with van der Waals surface area (Å²) in [7, 11) is 0. The second-order valence-corrected chi connectivity index (χ2v) is 4.79. The zero-order valence-corrected chi connectivity index (χ0v) is 10.2. The monoisotopic (exact) mass is 242 g/mol. The first-order valence-electron chi connectivity index (χ1n) is 5.90. The van der Waals surface area contributed by atoms with Gasteiger partial charge in [-0.1, -0.05) is 0 Å². The molecule has 0 atom stereocenters. The van der Waals surface area contributed by atoms with Gasteiger partial charge in [-0.15, -0.1) is 0 Å². The van der Waals surface area contributed by atoms with Gasteiger partial charge in [-0.25, -0.2) is 4.98 Å². The number of nitrogens with one attached hydrogen (secondary N) is 2. The van der Waals surface area contributed by atoms with E-state index in [1.54, 1.807) is 0 Å². The number of hydrogen-bond acceptors (Lipinski definition) is 4. The lowest BCUT2D eigenvalue weighted by molar-refractivity contribution is -0.0690. The molecule has 5 heteroatoms. The van der Waals surface area contributed by atoms with Gasteiger partial charge in [0.15, 0.2) is 0 Å². The Hall–Kier alpha value is -2.06. The molecule has 92 valence electrons. The van der Waals surface area contributed by atoms with Crippen molar-refractivity contribution in [1.29, 1.82) is 5.26 Å². The molecule has 0 radical (unpaired) electrons. The number of imidazole rings is 1. The molecule has 5 nitrogen and oxygen atoms in total. The minimum Gasteiger partial charge on any atom is -0.383 e. The summed E-state index contributed by atoms with van der Waals surface area (Å²) >= 11 is 0. The van der Waals surface area contributed by atoms with E-state index < -0.39 is 0 Å². The zero-order valence-electron chi connectivity index (χ0n) is 10.2. The van der Waals surface area contributed by atoms with E-state index in [0.717, 1.165) is 22.5 Å². The van der Waals surface area contributed by atoms with Crippen molar-refractivity contribution < 1.29 is 4.74 Å². The number of fused-ring (bicyclic) bond motifs is 1. The third-order valence-electron chi connectivity index (χ3n) is 3.23. The molecule has 1 saturated heterocycles. The maximum absolute atomic E-state index is 9.10. The van der Waals surface area contributed by atoms with Crippen molar-refractivity contribution in [2.45, 2.75) is 6.92 Å². The second kappa shape index (κ2) is 4.00. The Balaban J connectivity index is 1.76. The third kappa shape index (κ3) is 1.81. The summed E-state index contributed by atoms with van der Waals surface area (Å²) in [5.74, 6) is 0.906. The van der Waals surface area contributed by atoms with Gasteiger partial charge in [0.05, 0.1) is 30.3 Å². The number of aromatic nitrogens is 2. The van der Waals surface area contributed by atoms with Crippen molar-refractivity contribution in [2.75, 3.05) is 25.1 Å². The van der Waals surface area contributed by atoms with E-state index in [9.17, 15) is 0 Å². The van der Waals surface area contributed by atoms with Gasteiger partial charge in [-0.2, -0.15) is 5.26 Å². The number of benzene rings is 1. The topological polar surface area (TPSA) is 73.7 Å². The SMILES string of the molecule is Cc1nc2ccc(NCC3(C#N)COC3)cc2[nH]1. The summed E-state index contributed by atoms with van der Waals surface area (Å²) in [5.41, 5.74) is 2.60. The van der Waals surface area contributed by atoms with Crippen LogP contribution in [0, 0.1) is 23.7 Å². The van der Waals surface area contributed by atoms with Gasteiger partial charge in [-0.05, 0) is 25.1 Å². The Labute approximate surface area is 105 Å². The van der Waals surface area contributed by atoms with Crippen molar-refractivity contribution in [1.82, 2.24) is 9.97 Å². The minimum atomic E-state index is -0.362. The number of hydrogen-bond donors (Lipinski definition) is 2. The van der Waals surface area contributed by atoms with Gasteiger partial charge in [0.25, 0.3) is 0 Å². The van der Waals surface area contributed by atoms with Gasteiger partial charge >= 0.3 is 0 Å². The fraction of sp³-hybridized carbons (Fsp3) is 0.385. The van der Waals surface area contributed by atoms with Gasteiger partial charge in [0.2, 0.25) is 0 Å². The van der Waals surface area contributed by atoms with Gasteiger partial charge in [-0.3, -0.25) is 0 Å². The summed E-state index contributed by atoms with van der Waals surface area (Å²) in [5, 5.41) is 12.4. The van der Waals surface area contributed by atoms with E-state index in [2.05, 4.69) is 21.4 Å². The molecule has 0 spiro atoms. The highest BCUT2D eigenvalue weighted by atomic mass is 16.5. The third-order valence-corrected chi connectivity index (χ3v) is 3.23. The second-order valence-electron chi connectivity index (χ2n) is 4.79. The average molecular weight is 242 g/mol. The molecule has 0 aliphatic carbocycles. The zero-order chi connectivity index (χ0) is 12.6. The standard InChI is InChI=1S/C13H14N4O/c1-9-16-11-3-2-10(4-12(11)17-9)15-6-13(5-14)7-18-8-13/h2-4,15H,6-8H2,1H3,(H,16,17). The molecule has 0 saturated carbocycles. The van der Waals surface area contributed by atoms with Crippen LogP contribution in [-0.4, -0.2) is 29.7 Å². The van der Waals surface area contributed by atoms with Crippen LogP contribution in [-0.2, 0) is 4.74 Å². The summed E-state index contributed by atoms with van der Waals surface area (Å²) in [6.45, 7) is 3.58. The first-order chi connectivity index (χ1) is 8.71. The maximum atomic E-state index is 9.10. The average Bonchev–Trinajstić information content (AvgIpc) is 2.67. The minimum absolute atomic E-state index is 0.362. The maximum Gasteiger partial charge on any atom is 0.121 e. The molecule has 1 aromatic heterocycles. The Kier molecular flexibility index (Phi) is 2.46. The summed E-state index contributed by atoms with van der Waals surface area (Å²) < 4.78 is 5.11. The van der Waals surface area contributed by atoms with E-state index in [0.29, 0.717) is 19.8 Å². The molecule has 1 aliphatic rings. The van der Waals surface area contributed by atoms with Crippen LogP contribution in [0.15, 0.2) is 18.2 Å². The number of aromatic amines is 1. The lowest BCUT2D eigenvalue weighted by atomic mass is 9.88. The van der Waals surface area contributed by atoms with Gasteiger partial charge < -0.3 is 15.0 Å². The highest BCUT2D eigenvalue weighted by Gasteiger charge is 2.38. The molecule has 2 heterocycles. The number of ether oxygens (including phenoxy) is 1. The van der Waals surface area contributed by atoms with Crippen LogP contribution in [0.3, 0.4) is 0 Å². The van der Waals surface area contributed by atoms with E-state index in [-0.39, 0.29) is 5.41 Å². The van der Waals surface area contributed by atoms with Crippen LogP contribution in [0.25, 0.3) is 11.0 Å². The summed E-state index contributed by atoms with van der Waals surface area (Å²) in [6, 6.07) is 8.28. The van der Waals surface area contributed by atoms with E-state index in [1.807, 2.05) is 25.1 Å². The number of nitrogens with zero attached hydrogens (tertiary/aromatic N) is 2. The Morgan fingerprint density at radius 2 is 2.39 bits per heavy atom. The Morgan fingerprint density at radius 3 is 3.06 bits per heavy atom. The van der Waals surface area contributed by atoms with Crippen LogP contribution in [0.4, 0.5) is 5.69 Å². The lowest BCUT2D eigenvalue weighted by Crippen LogP contribution is -2.46. The molecule has 1 fully saturated rings. The first-order valence-corrected chi connectivity index (χ1v) is 5.90. The lowest BCUT2D eigenvalue weighted by Gasteiger charge is -2.35. The van der Waals surface area contributed by atoms with E-state index in [1.165, 1.54) is 0 Å². The summed E-state index contributed by atoms with van der Waals surface area (Å²) in [6.07, 6.45) is 0. The predicted molar refractivity (Wildman–Crippen MR) is 68.2 cm³/mol. The van der Waals surface area contributed by atoms with Crippen LogP contribution in [0.5, 0.6) is 0 Å². The molecular formula is C13H14N4O. The highest BCUT2D eigenvalue weighted by molar-refractivity contribution is 5.79. The van der Waals surface area contributed by atoms with Crippen molar-refractivity contribution in [3.8, 4) is 6.07 Å². The number of aryl methyl sites for hydroxylation is 1. The van der Waals surface area contributed by atoms with Crippen LogP contribution in [0.1, 0.15) is 5.82 Å². The van der Waals surface area contributed by atoms with Crippen molar-refractivity contribution in [2.24, 2.45) is 5.41 Å². The number of rotatable bonds is 3. The molecule has 2 aromatic rings. The molecule has 0 bridgehead atoms. The Morgan fingerprint density at radius 1 is 1.56 bits per heavy atom. The molecule has 18 heavy (non-hydrogen) atoms. The van der Waals surface area contributed by atoms with Crippen LogP contribution < -0.4 is 5.32 Å². The fourth-order valence-corrected chi connectivity index (χ4v) is 2.07. The number of nitriles is 1. The molecular weight excluding hydrogens is 228 g/mol. The number of anilines is 1.